The fourth-order valence-electron chi connectivity index (χ4n) is 1.79. The number of nitrogens with zero attached hydrogens (tertiary/aromatic N) is 1. The van der Waals surface area contributed by atoms with Gasteiger partial charge in [0, 0.05) is 31.6 Å². The second kappa shape index (κ2) is 4.09. The Kier molecular flexibility index (Phi) is 3.31. The van der Waals surface area contributed by atoms with Crippen LogP contribution in [0.4, 0.5) is 0 Å². The minimum Gasteiger partial charge on any atom is -0.335 e. The minimum absolute atomic E-state index is 0.00942. The Morgan fingerprint density at radius 1 is 1.54 bits per heavy atom. The fourth-order valence-corrected chi connectivity index (χ4v) is 1.79. The molecule has 3 nitrogen and oxygen atoms in total. The van der Waals surface area contributed by atoms with Crippen LogP contribution in [-0.2, 0) is 4.79 Å². The Labute approximate surface area is 80.5 Å². The molecule has 1 amide bonds. The Hall–Kier alpha value is -0.570. The molecule has 1 rings (SSSR count). The first-order valence-electron chi connectivity index (χ1n) is 5.09. The van der Waals surface area contributed by atoms with Gasteiger partial charge in [0.1, 0.15) is 0 Å². The lowest BCUT2D eigenvalue weighted by Gasteiger charge is -2.42. The first-order chi connectivity index (χ1) is 6.08. The molecule has 76 valence electrons. The first kappa shape index (κ1) is 10.5. The fraction of sp³-hybridized carbons (Fsp3) is 0.900. The minimum atomic E-state index is -0.00942. The van der Waals surface area contributed by atoms with Gasteiger partial charge in [0.2, 0.25) is 5.91 Å². The van der Waals surface area contributed by atoms with Gasteiger partial charge in [0.15, 0.2) is 0 Å². The van der Waals surface area contributed by atoms with Crippen LogP contribution in [0, 0.1) is 0 Å². The van der Waals surface area contributed by atoms with Crippen molar-refractivity contribution in [1.82, 2.24) is 10.2 Å². The van der Waals surface area contributed by atoms with E-state index in [1.807, 2.05) is 11.8 Å². The van der Waals surface area contributed by atoms with Crippen molar-refractivity contribution in [1.29, 1.82) is 0 Å². The summed E-state index contributed by atoms with van der Waals surface area (Å²) in [7, 11) is 0. The van der Waals surface area contributed by atoms with Crippen molar-refractivity contribution in [3.8, 4) is 0 Å². The molecule has 0 bridgehead atoms. The number of hydrogen-bond acceptors (Lipinski definition) is 2. The Balaban J connectivity index is 2.59. The van der Waals surface area contributed by atoms with Gasteiger partial charge in [-0.3, -0.25) is 4.79 Å². The van der Waals surface area contributed by atoms with Crippen molar-refractivity contribution >= 4 is 5.91 Å². The molecule has 0 spiro atoms. The molecule has 1 N–H and O–H groups in total. The number of carbonyl (C=O) groups is 1. The Morgan fingerprint density at radius 3 is 2.77 bits per heavy atom. The van der Waals surface area contributed by atoms with Gasteiger partial charge in [-0.25, -0.2) is 0 Å². The standard InChI is InChI=1S/C10H20N2O/c1-4-5-9(13)12-7-6-11-8-10(12,2)3/h11H,4-8H2,1-3H3. The molecule has 1 aliphatic heterocycles. The molecule has 0 aromatic heterocycles. The van der Waals surface area contributed by atoms with Crippen LogP contribution < -0.4 is 5.32 Å². The predicted molar refractivity (Wildman–Crippen MR) is 53.6 cm³/mol. The van der Waals surface area contributed by atoms with Gasteiger partial charge in [-0.05, 0) is 20.3 Å². The van der Waals surface area contributed by atoms with E-state index in [-0.39, 0.29) is 5.54 Å². The van der Waals surface area contributed by atoms with Crippen LogP contribution in [0.1, 0.15) is 33.6 Å². The molecule has 0 radical (unpaired) electrons. The molecule has 0 aliphatic carbocycles. The second-order valence-electron chi connectivity index (χ2n) is 4.28. The van der Waals surface area contributed by atoms with Crippen molar-refractivity contribution in [3.63, 3.8) is 0 Å². The van der Waals surface area contributed by atoms with E-state index in [4.69, 9.17) is 0 Å². The van der Waals surface area contributed by atoms with E-state index in [1.165, 1.54) is 0 Å². The molecule has 1 saturated heterocycles. The maximum atomic E-state index is 11.7. The summed E-state index contributed by atoms with van der Waals surface area (Å²) in [5.41, 5.74) is -0.00942. The zero-order valence-electron chi connectivity index (χ0n) is 8.89. The lowest BCUT2D eigenvalue weighted by molar-refractivity contribution is -0.137. The van der Waals surface area contributed by atoms with E-state index in [0.717, 1.165) is 26.1 Å². The van der Waals surface area contributed by atoms with Crippen molar-refractivity contribution in [2.45, 2.75) is 39.2 Å². The molecular weight excluding hydrogens is 164 g/mol. The monoisotopic (exact) mass is 184 g/mol. The highest BCUT2D eigenvalue weighted by Crippen LogP contribution is 2.17. The zero-order valence-corrected chi connectivity index (χ0v) is 8.89. The molecular formula is C10H20N2O. The molecule has 1 fully saturated rings. The van der Waals surface area contributed by atoms with Crippen LogP contribution in [0.3, 0.4) is 0 Å². The molecule has 1 aliphatic rings. The molecule has 0 atom stereocenters. The average molecular weight is 184 g/mol. The lowest BCUT2D eigenvalue weighted by atomic mass is 9.99. The van der Waals surface area contributed by atoms with E-state index in [0.29, 0.717) is 12.3 Å². The largest absolute Gasteiger partial charge is 0.335 e. The van der Waals surface area contributed by atoms with Gasteiger partial charge >= 0.3 is 0 Å². The van der Waals surface area contributed by atoms with Gasteiger partial charge in [0.05, 0.1) is 0 Å². The highest BCUT2D eigenvalue weighted by molar-refractivity contribution is 5.77. The third-order valence-electron chi connectivity index (χ3n) is 2.57. The van der Waals surface area contributed by atoms with Gasteiger partial charge in [-0.2, -0.15) is 0 Å². The maximum Gasteiger partial charge on any atom is 0.223 e. The topological polar surface area (TPSA) is 32.3 Å². The first-order valence-corrected chi connectivity index (χ1v) is 5.09. The highest BCUT2D eigenvalue weighted by atomic mass is 16.2. The summed E-state index contributed by atoms with van der Waals surface area (Å²) in [5.74, 6) is 0.300. The van der Waals surface area contributed by atoms with E-state index in [1.54, 1.807) is 0 Å². The van der Waals surface area contributed by atoms with Crippen LogP contribution in [0.15, 0.2) is 0 Å². The third kappa shape index (κ3) is 2.44. The predicted octanol–water partition coefficient (Wildman–Crippen LogP) is 0.997. The number of rotatable bonds is 2. The quantitative estimate of drug-likeness (QED) is 0.694. The summed E-state index contributed by atoms with van der Waals surface area (Å²) in [6.45, 7) is 8.97. The lowest BCUT2D eigenvalue weighted by Crippen LogP contribution is -2.59. The van der Waals surface area contributed by atoms with Gasteiger partial charge < -0.3 is 10.2 Å². The molecule has 0 unspecified atom stereocenters. The molecule has 0 aromatic rings. The number of amides is 1. The van der Waals surface area contributed by atoms with Gasteiger partial charge in [0.25, 0.3) is 0 Å². The Morgan fingerprint density at radius 2 is 2.23 bits per heavy atom. The van der Waals surface area contributed by atoms with Crippen LogP contribution >= 0.6 is 0 Å². The third-order valence-corrected chi connectivity index (χ3v) is 2.57. The number of carbonyl (C=O) groups excluding carboxylic acids is 1. The van der Waals surface area contributed by atoms with Crippen LogP contribution in [-0.4, -0.2) is 36.0 Å². The highest BCUT2D eigenvalue weighted by Gasteiger charge is 2.32. The maximum absolute atomic E-state index is 11.7. The summed E-state index contributed by atoms with van der Waals surface area (Å²) >= 11 is 0. The van der Waals surface area contributed by atoms with Crippen molar-refractivity contribution in [2.24, 2.45) is 0 Å². The summed E-state index contributed by atoms with van der Waals surface area (Å²) in [6, 6.07) is 0. The normalized spacial score (nSPS) is 21.6. The number of hydrogen-bond donors (Lipinski definition) is 1. The van der Waals surface area contributed by atoms with Gasteiger partial charge in [-0.15, -0.1) is 0 Å². The summed E-state index contributed by atoms with van der Waals surface area (Å²) in [4.78, 5) is 13.7. The molecule has 1 heterocycles. The number of nitrogens with one attached hydrogen (secondary N) is 1. The van der Waals surface area contributed by atoms with E-state index < -0.39 is 0 Å². The van der Waals surface area contributed by atoms with Crippen LogP contribution in [0.2, 0.25) is 0 Å². The van der Waals surface area contributed by atoms with Crippen LogP contribution in [0.25, 0.3) is 0 Å². The summed E-state index contributed by atoms with van der Waals surface area (Å²) in [5, 5.41) is 3.31. The smallest absolute Gasteiger partial charge is 0.223 e. The van der Waals surface area contributed by atoms with Crippen molar-refractivity contribution in [3.05, 3.63) is 0 Å². The SMILES string of the molecule is CCCC(=O)N1CCNCC1(C)C. The summed E-state index contributed by atoms with van der Waals surface area (Å²) < 4.78 is 0. The Bertz CT molecular complexity index is 189. The average Bonchev–Trinajstić information content (AvgIpc) is 2.03. The van der Waals surface area contributed by atoms with E-state index in [9.17, 15) is 4.79 Å². The molecule has 0 saturated carbocycles. The van der Waals surface area contributed by atoms with E-state index >= 15 is 0 Å². The second-order valence-corrected chi connectivity index (χ2v) is 4.28. The van der Waals surface area contributed by atoms with E-state index in [2.05, 4.69) is 19.2 Å². The summed E-state index contributed by atoms with van der Waals surface area (Å²) in [6.07, 6.45) is 1.63. The zero-order chi connectivity index (χ0) is 9.90. The number of piperazine rings is 1. The van der Waals surface area contributed by atoms with Crippen molar-refractivity contribution in [2.75, 3.05) is 19.6 Å². The van der Waals surface area contributed by atoms with Crippen molar-refractivity contribution < 1.29 is 4.79 Å². The molecule has 13 heavy (non-hydrogen) atoms. The van der Waals surface area contributed by atoms with Crippen LogP contribution in [0.5, 0.6) is 0 Å². The molecule has 0 aromatic carbocycles. The van der Waals surface area contributed by atoms with Gasteiger partial charge in [-0.1, -0.05) is 6.92 Å². The molecule has 3 heteroatoms.